The average molecular weight is 405 g/mol. The second-order valence-corrected chi connectivity index (χ2v) is 6.57. The van der Waals surface area contributed by atoms with Crippen LogP contribution < -0.4 is 5.32 Å². The van der Waals surface area contributed by atoms with E-state index in [0.29, 0.717) is 17.1 Å². The molecule has 0 radical (unpaired) electrons. The minimum atomic E-state index is -0.172. The largest absolute Gasteiger partial charge is 0.352 e. The monoisotopic (exact) mass is 403 g/mol. The van der Waals surface area contributed by atoms with Crippen LogP contribution in [0.2, 0.25) is 5.02 Å². The number of benzene rings is 2. The van der Waals surface area contributed by atoms with Gasteiger partial charge >= 0.3 is 0 Å². The van der Waals surface area contributed by atoms with Gasteiger partial charge in [-0.25, -0.2) is 4.68 Å². The minimum Gasteiger partial charge on any atom is -0.352 e. The van der Waals surface area contributed by atoms with Gasteiger partial charge < -0.3 is 5.32 Å². The molecule has 0 unspecified atom stereocenters. The van der Waals surface area contributed by atoms with Gasteiger partial charge in [0.05, 0.1) is 16.3 Å². The Balaban J connectivity index is 1.56. The molecule has 6 heteroatoms. The van der Waals surface area contributed by atoms with Crippen molar-refractivity contribution in [3.05, 3.63) is 81.5 Å². The molecule has 0 spiro atoms. The predicted octanol–water partition coefficient (Wildman–Crippen LogP) is 4.26. The second-order valence-electron chi connectivity index (χ2n) is 5.25. The molecule has 0 atom stereocenters. The SMILES string of the molecule is O=C(NCCc1ccc(-n2cccn2)cc1)c1cc(Br)ccc1Cl. The third-order valence-corrected chi connectivity index (χ3v) is 4.40. The maximum atomic E-state index is 12.2. The smallest absolute Gasteiger partial charge is 0.252 e. The van der Waals surface area contributed by atoms with Crippen molar-refractivity contribution in [1.29, 1.82) is 0 Å². The molecule has 0 saturated heterocycles. The summed E-state index contributed by atoms with van der Waals surface area (Å²) in [6, 6.07) is 15.2. The minimum absolute atomic E-state index is 0.172. The number of aromatic nitrogens is 2. The highest BCUT2D eigenvalue weighted by atomic mass is 79.9. The van der Waals surface area contributed by atoms with Crippen LogP contribution in [0.15, 0.2) is 65.4 Å². The van der Waals surface area contributed by atoms with E-state index in [2.05, 4.69) is 26.3 Å². The van der Waals surface area contributed by atoms with Crippen LogP contribution in [0.25, 0.3) is 5.69 Å². The molecule has 1 aromatic heterocycles. The van der Waals surface area contributed by atoms with Gasteiger partial charge in [-0.2, -0.15) is 5.10 Å². The number of hydrogen-bond donors (Lipinski definition) is 1. The van der Waals surface area contributed by atoms with Crippen molar-refractivity contribution < 1.29 is 4.79 Å². The van der Waals surface area contributed by atoms with Crippen molar-refractivity contribution in [3.63, 3.8) is 0 Å². The fraction of sp³-hybridized carbons (Fsp3) is 0.111. The number of rotatable bonds is 5. The molecule has 0 aliphatic carbocycles. The maximum absolute atomic E-state index is 12.2. The molecule has 0 aliphatic heterocycles. The summed E-state index contributed by atoms with van der Waals surface area (Å²) in [5, 5.41) is 7.53. The summed E-state index contributed by atoms with van der Waals surface area (Å²) in [6.07, 6.45) is 4.39. The first kappa shape index (κ1) is 16.7. The molecule has 122 valence electrons. The van der Waals surface area contributed by atoms with Crippen molar-refractivity contribution in [3.8, 4) is 5.69 Å². The van der Waals surface area contributed by atoms with Gasteiger partial charge in [0.25, 0.3) is 5.91 Å². The Labute approximate surface area is 153 Å². The van der Waals surface area contributed by atoms with Crippen molar-refractivity contribution >= 4 is 33.4 Å². The molecule has 3 rings (SSSR count). The molecule has 0 fully saturated rings. The normalized spacial score (nSPS) is 10.6. The molecule has 3 aromatic rings. The summed E-state index contributed by atoms with van der Waals surface area (Å²) < 4.78 is 2.63. The molecule has 2 aromatic carbocycles. The molecular weight excluding hydrogens is 390 g/mol. The Hall–Kier alpha value is -2.11. The summed E-state index contributed by atoms with van der Waals surface area (Å²) in [6.45, 7) is 0.544. The number of amides is 1. The number of carbonyl (C=O) groups excluding carboxylic acids is 1. The van der Waals surface area contributed by atoms with Crippen molar-refractivity contribution in [2.45, 2.75) is 6.42 Å². The lowest BCUT2D eigenvalue weighted by Crippen LogP contribution is -2.26. The van der Waals surface area contributed by atoms with Crippen LogP contribution in [0.1, 0.15) is 15.9 Å². The van der Waals surface area contributed by atoms with Gasteiger partial charge in [-0.3, -0.25) is 4.79 Å². The van der Waals surface area contributed by atoms with E-state index in [0.717, 1.165) is 22.1 Å². The maximum Gasteiger partial charge on any atom is 0.252 e. The third kappa shape index (κ3) is 4.04. The zero-order chi connectivity index (χ0) is 16.9. The zero-order valence-electron chi connectivity index (χ0n) is 12.7. The van der Waals surface area contributed by atoms with Crippen LogP contribution in [0.3, 0.4) is 0 Å². The van der Waals surface area contributed by atoms with E-state index in [-0.39, 0.29) is 5.91 Å². The van der Waals surface area contributed by atoms with E-state index in [4.69, 9.17) is 11.6 Å². The first-order chi connectivity index (χ1) is 11.6. The van der Waals surface area contributed by atoms with Crippen LogP contribution in [0, 0.1) is 0 Å². The molecule has 1 N–H and O–H groups in total. The topological polar surface area (TPSA) is 46.9 Å². The van der Waals surface area contributed by atoms with Crippen molar-refractivity contribution in [1.82, 2.24) is 15.1 Å². The van der Waals surface area contributed by atoms with E-state index < -0.39 is 0 Å². The zero-order valence-corrected chi connectivity index (χ0v) is 15.1. The lowest BCUT2D eigenvalue weighted by atomic mass is 10.1. The van der Waals surface area contributed by atoms with Crippen molar-refractivity contribution in [2.75, 3.05) is 6.54 Å². The van der Waals surface area contributed by atoms with Gasteiger partial charge in [0.2, 0.25) is 0 Å². The Morgan fingerprint density at radius 3 is 2.71 bits per heavy atom. The second kappa shape index (κ2) is 7.64. The number of carbonyl (C=O) groups is 1. The van der Waals surface area contributed by atoms with Gasteiger partial charge in [-0.1, -0.05) is 39.7 Å². The lowest BCUT2D eigenvalue weighted by Gasteiger charge is -2.08. The highest BCUT2D eigenvalue weighted by Crippen LogP contribution is 2.20. The fourth-order valence-corrected chi connectivity index (χ4v) is 2.89. The number of halogens is 2. The first-order valence-corrected chi connectivity index (χ1v) is 8.63. The first-order valence-electron chi connectivity index (χ1n) is 7.46. The Bertz CT molecular complexity index is 832. The van der Waals surface area contributed by atoms with E-state index >= 15 is 0 Å². The van der Waals surface area contributed by atoms with Crippen LogP contribution in [-0.4, -0.2) is 22.2 Å². The lowest BCUT2D eigenvalue weighted by molar-refractivity contribution is 0.0954. The van der Waals surface area contributed by atoms with Crippen LogP contribution in [-0.2, 0) is 6.42 Å². The average Bonchev–Trinajstić information content (AvgIpc) is 3.12. The summed E-state index contributed by atoms with van der Waals surface area (Å²) >= 11 is 9.41. The van der Waals surface area contributed by atoms with Crippen molar-refractivity contribution in [2.24, 2.45) is 0 Å². The number of hydrogen-bond acceptors (Lipinski definition) is 2. The molecule has 24 heavy (non-hydrogen) atoms. The molecule has 1 amide bonds. The Kier molecular flexibility index (Phi) is 5.33. The van der Waals surface area contributed by atoms with E-state index in [1.165, 1.54) is 0 Å². The molecule has 0 aliphatic rings. The molecular formula is C18H15BrClN3O. The summed E-state index contributed by atoms with van der Waals surface area (Å²) in [5.74, 6) is -0.172. The third-order valence-electron chi connectivity index (χ3n) is 3.58. The van der Waals surface area contributed by atoms with E-state index in [9.17, 15) is 4.79 Å². The highest BCUT2D eigenvalue weighted by molar-refractivity contribution is 9.10. The number of nitrogens with one attached hydrogen (secondary N) is 1. The van der Waals surface area contributed by atoms with Crippen LogP contribution in [0.5, 0.6) is 0 Å². The van der Waals surface area contributed by atoms with E-state index in [1.807, 2.05) is 36.5 Å². The Morgan fingerprint density at radius 2 is 2.00 bits per heavy atom. The van der Waals surface area contributed by atoms with Crippen LogP contribution >= 0.6 is 27.5 Å². The Morgan fingerprint density at radius 1 is 1.21 bits per heavy atom. The summed E-state index contributed by atoms with van der Waals surface area (Å²) in [4.78, 5) is 12.2. The summed E-state index contributed by atoms with van der Waals surface area (Å²) in [5.41, 5.74) is 2.63. The van der Waals surface area contributed by atoms with Gasteiger partial charge in [-0.15, -0.1) is 0 Å². The molecule has 4 nitrogen and oxygen atoms in total. The molecule has 1 heterocycles. The molecule has 0 bridgehead atoms. The van der Waals surface area contributed by atoms with Crippen LogP contribution in [0.4, 0.5) is 0 Å². The molecule has 0 saturated carbocycles. The standard InChI is InChI=1S/C18H15BrClN3O/c19-14-4-7-17(20)16(12-14)18(24)21-10-8-13-2-5-15(6-3-13)23-11-1-9-22-23/h1-7,9,11-12H,8,10H2,(H,21,24). The highest BCUT2D eigenvalue weighted by Gasteiger charge is 2.10. The number of nitrogens with zero attached hydrogens (tertiary/aromatic N) is 2. The summed E-state index contributed by atoms with van der Waals surface area (Å²) in [7, 11) is 0. The quantitative estimate of drug-likeness (QED) is 0.690. The fourth-order valence-electron chi connectivity index (χ4n) is 2.32. The van der Waals surface area contributed by atoms with Gasteiger partial charge in [0.1, 0.15) is 0 Å². The van der Waals surface area contributed by atoms with E-state index in [1.54, 1.807) is 29.1 Å². The van der Waals surface area contributed by atoms with Gasteiger partial charge in [0, 0.05) is 23.4 Å². The predicted molar refractivity (Wildman–Crippen MR) is 98.8 cm³/mol. The van der Waals surface area contributed by atoms with Gasteiger partial charge in [-0.05, 0) is 48.4 Å². The van der Waals surface area contributed by atoms with Gasteiger partial charge in [0.15, 0.2) is 0 Å².